The van der Waals surface area contributed by atoms with E-state index in [0.29, 0.717) is 31.6 Å². The van der Waals surface area contributed by atoms with Crippen LogP contribution in [0.3, 0.4) is 0 Å². The highest BCUT2D eigenvalue weighted by Gasteiger charge is 2.28. The average Bonchev–Trinajstić information content (AvgIpc) is 2.67. The number of rotatable bonds is 8. The van der Waals surface area contributed by atoms with Gasteiger partial charge >= 0.3 is 0 Å². The summed E-state index contributed by atoms with van der Waals surface area (Å²) in [5, 5.41) is 6.83. The third kappa shape index (κ3) is 6.86. The molecule has 0 spiro atoms. The Bertz CT molecular complexity index is 590. The van der Waals surface area contributed by atoms with E-state index in [1.165, 1.54) is 0 Å². The molecule has 0 saturated carbocycles. The highest BCUT2D eigenvalue weighted by Crippen LogP contribution is 2.15. The molecule has 2 atom stereocenters. The molecule has 0 amide bonds. The zero-order valence-electron chi connectivity index (χ0n) is 18.0. The van der Waals surface area contributed by atoms with Crippen LogP contribution in [0.2, 0.25) is 0 Å². The lowest BCUT2D eigenvalue weighted by atomic mass is 10.1. The van der Waals surface area contributed by atoms with Gasteiger partial charge in [0.1, 0.15) is 0 Å². The fourth-order valence-electron chi connectivity index (χ4n) is 3.90. The summed E-state index contributed by atoms with van der Waals surface area (Å²) in [6.45, 7) is 13.6. The largest absolute Gasteiger partial charge is 0.379 e. The topological polar surface area (TPSA) is 86.3 Å². The van der Waals surface area contributed by atoms with E-state index in [-0.39, 0.29) is 11.8 Å². The van der Waals surface area contributed by atoms with Crippen LogP contribution in [-0.4, -0.2) is 93.4 Å². The number of ether oxygens (including phenoxy) is 1. The highest BCUT2D eigenvalue weighted by molar-refractivity contribution is 7.89. The molecule has 9 heteroatoms. The summed E-state index contributed by atoms with van der Waals surface area (Å²) in [6, 6.07) is 1.03. The Morgan fingerprint density at radius 3 is 2.57 bits per heavy atom. The summed E-state index contributed by atoms with van der Waals surface area (Å²) in [4.78, 5) is 7.25. The maximum Gasteiger partial charge on any atom is 0.214 e. The Morgan fingerprint density at radius 1 is 1.25 bits per heavy atom. The van der Waals surface area contributed by atoms with Gasteiger partial charge in [-0.3, -0.25) is 9.89 Å². The van der Waals surface area contributed by atoms with Gasteiger partial charge in [-0.1, -0.05) is 6.92 Å². The number of sulfonamides is 1. The second-order valence-electron chi connectivity index (χ2n) is 7.86. The lowest BCUT2D eigenvalue weighted by molar-refractivity contribution is -0.0165. The molecule has 2 unspecified atom stereocenters. The van der Waals surface area contributed by atoms with Crippen LogP contribution in [0.15, 0.2) is 4.99 Å². The molecule has 28 heavy (non-hydrogen) atoms. The smallest absolute Gasteiger partial charge is 0.214 e. The number of piperidine rings is 1. The summed E-state index contributed by atoms with van der Waals surface area (Å²) < 4.78 is 31.6. The van der Waals surface area contributed by atoms with E-state index in [4.69, 9.17) is 9.73 Å². The number of nitrogens with one attached hydrogen (secondary N) is 2. The highest BCUT2D eigenvalue weighted by atomic mass is 32.2. The first kappa shape index (κ1) is 23.4. The zero-order chi connectivity index (χ0) is 20.6. The standard InChI is InChI=1S/C19H39N5O3S/c1-5-13-28(25,26)23-9-7-18(8-10-23)22-19(20-6-2)21-14-16(3)24-11-12-27-15-17(24)4/h16-18H,5-15H2,1-4H3,(H2,20,21,22). The number of morpholine rings is 1. The summed E-state index contributed by atoms with van der Waals surface area (Å²) in [7, 11) is -3.09. The second-order valence-corrected chi connectivity index (χ2v) is 9.95. The Morgan fingerprint density at radius 2 is 1.96 bits per heavy atom. The van der Waals surface area contributed by atoms with Crippen LogP contribution in [0.5, 0.6) is 0 Å². The molecule has 2 rings (SSSR count). The number of guanidine groups is 1. The summed E-state index contributed by atoms with van der Waals surface area (Å²) in [5.41, 5.74) is 0. The second kappa shape index (κ2) is 11.3. The molecule has 0 aromatic carbocycles. The number of aliphatic imine (C=N–C) groups is 1. The van der Waals surface area contributed by atoms with Crippen molar-refractivity contribution in [2.75, 3.05) is 51.7 Å². The molecule has 0 aromatic rings. The molecule has 2 aliphatic heterocycles. The van der Waals surface area contributed by atoms with Gasteiger partial charge in [-0.05, 0) is 40.0 Å². The van der Waals surface area contributed by atoms with E-state index in [0.717, 1.165) is 51.6 Å². The van der Waals surface area contributed by atoms with Crippen molar-refractivity contribution in [3.8, 4) is 0 Å². The van der Waals surface area contributed by atoms with Crippen molar-refractivity contribution in [3.05, 3.63) is 0 Å². The van der Waals surface area contributed by atoms with Crippen molar-refractivity contribution in [3.63, 3.8) is 0 Å². The van der Waals surface area contributed by atoms with Crippen molar-refractivity contribution in [2.24, 2.45) is 4.99 Å². The maximum atomic E-state index is 12.2. The van der Waals surface area contributed by atoms with Crippen molar-refractivity contribution < 1.29 is 13.2 Å². The molecule has 2 fully saturated rings. The van der Waals surface area contributed by atoms with Crippen LogP contribution in [0.1, 0.15) is 47.0 Å². The van der Waals surface area contributed by atoms with Crippen LogP contribution in [-0.2, 0) is 14.8 Å². The van der Waals surface area contributed by atoms with E-state index in [1.807, 2.05) is 6.92 Å². The molecule has 2 N–H and O–H groups in total. The van der Waals surface area contributed by atoms with E-state index in [1.54, 1.807) is 4.31 Å². The first-order chi connectivity index (χ1) is 13.4. The molecule has 0 bridgehead atoms. The number of hydrogen-bond donors (Lipinski definition) is 2. The predicted molar refractivity (Wildman–Crippen MR) is 114 cm³/mol. The van der Waals surface area contributed by atoms with E-state index < -0.39 is 10.0 Å². The Kier molecular flexibility index (Phi) is 9.46. The Balaban J connectivity index is 1.86. The monoisotopic (exact) mass is 417 g/mol. The quantitative estimate of drug-likeness (QED) is 0.450. The SMILES string of the molecule is CCCS(=O)(=O)N1CCC(NC(=NCC(C)N2CCOCC2C)NCC)CC1. The molecule has 2 heterocycles. The molecular formula is C19H39N5O3S. The zero-order valence-corrected chi connectivity index (χ0v) is 18.8. The summed E-state index contributed by atoms with van der Waals surface area (Å²) in [6.07, 6.45) is 2.28. The summed E-state index contributed by atoms with van der Waals surface area (Å²) >= 11 is 0. The van der Waals surface area contributed by atoms with E-state index in [2.05, 4.69) is 36.3 Å². The Labute approximate surface area is 171 Å². The molecule has 2 saturated heterocycles. The van der Waals surface area contributed by atoms with Crippen molar-refractivity contribution >= 4 is 16.0 Å². The molecule has 0 aromatic heterocycles. The first-order valence-electron chi connectivity index (χ1n) is 10.7. The number of hydrogen-bond acceptors (Lipinski definition) is 5. The van der Waals surface area contributed by atoms with Crippen LogP contribution in [0.25, 0.3) is 0 Å². The van der Waals surface area contributed by atoms with Gasteiger partial charge in [0.15, 0.2) is 5.96 Å². The minimum absolute atomic E-state index is 0.243. The van der Waals surface area contributed by atoms with Gasteiger partial charge in [0, 0.05) is 44.3 Å². The van der Waals surface area contributed by atoms with Gasteiger partial charge < -0.3 is 15.4 Å². The van der Waals surface area contributed by atoms with Gasteiger partial charge in [0.25, 0.3) is 0 Å². The van der Waals surface area contributed by atoms with E-state index >= 15 is 0 Å². The first-order valence-corrected chi connectivity index (χ1v) is 12.3. The summed E-state index contributed by atoms with van der Waals surface area (Å²) in [5.74, 6) is 1.07. The maximum absolute atomic E-state index is 12.2. The number of nitrogens with zero attached hydrogens (tertiary/aromatic N) is 3. The molecule has 2 aliphatic rings. The fraction of sp³-hybridized carbons (Fsp3) is 0.947. The van der Waals surface area contributed by atoms with Gasteiger partial charge in [-0.25, -0.2) is 12.7 Å². The molecule has 164 valence electrons. The lowest BCUT2D eigenvalue weighted by Crippen LogP contribution is -2.51. The average molecular weight is 418 g/mol. The van der Waals surface area contributed by atoms with Gasteiger partial charge in [0.2, 0.25) is 10.0 Å². The molecule has 8 nitrogen and oxygen atoms in total. The van der Waals surface area contributed by atoms with Crippen LogP contribution in [0, 0.1) is 0 Å². The predicted octanol–water partition coefficient (Wildman–Crippen LogP) is 0.855. The third-order valence-electron chi connectivity index (χ3n) is 5.49. The normalized spacial score (nSPS) is 24.9. The van der Waals surface area contributed by atoms with Crippen LogP contribution < -0.4 is 10.6 Å². The molecule has 0 radical (unpaired) electrons. The van der Waals surface area contributed by atoms with Crippen molar-refractivity contribution in [1.29, 1.82) is 0 Å². The van der Waals surface area contributed by atoms with Crippen LogP contribution >= 0.6 is 0 Å². The van der Waals surface area contributed by atoms with E-state index in [9.17, 15) is 8.42 Å². The van der Waals surface area contributed by atoms with Crippen molar-refractivity contribution in [2.45, 2.75) is 65.1 Å². The Hall–Kier alpha value is -0.900. The third-order valence-corrected chi connectivity index (χ3v) is 7.57. The van der Waals surface area contributed by atoms with Gasteiger partial charge in [-0.2, -0.15) is 0 Å². The van der Waals surface area contributed by atoms with Gasteiger partial charge in [-0.15, -0.1) is 0 Å². The minimum Gasteiger partial charge on any atom is -0.379 e. The molecular weight excluding hydrogens is 378 g/mol. The van der Waals surface area contributed by atoms with Crippen molar-refractivity contribution in [1.82, 2.24) is 19.8 Å². The fourth-order valence-corrected chi connectivity index (χ4v) is 5.44. The lowest BCUT2D eigenvalue weighted by Gasteiger charge is -2.37. The molecule has 0 aliphatic carbocycles. The van der Waals surface area contributed by atoms with Crippen LogP contribution in [0.4, 0.5) is 0 Å². The minimum atomic E-state index is -3.09. The van der Waals surface area contributed by atoms with Gasteiger partial charge in [0.05, 0.1) is 25.5 Å².